The van der Waals surface area contributed by atoms with Gasteiger partial charge in [0.15, 0.2) is 0 Å². The Morgan fingerprint density at radius 3 is 2.74 bits per heavy atom. The highest BCUT2D eigenvalue weighted by atomic mass is 35.5. The Kier molecular flexibility index (Phi) is 5.43. The molecule has 1 saturated heterocycles. The zero-order valence-corrected chi connectivity index (χ0v) is 13.2. The molecule has 0 aromatic heterocycles. The molecule has 0 radical (unpaired) electrons. The van der Waals surface area contributed by atoms with Crippen LogP contribution >= 0.6 is 11.6 Å². The summed E-state index contributed by atoms with van der Waals surface area (Å²) in [4.78, 5) is 2.42. The maximum Gasteiger partial charge on any atom is 0.0408 e. The zero-order chi connectivity index (χ0) is 13.8. The van der Waals surface area contributed by atoms with Gasteiger partial charge in [-0.1, -0.05) is 30.7 Å². The van der Waals surface area contributed by atoms with E-state index >= 15 is 0 Å². The smallest absolute Gasteiger partial charge is 0.0408 e. The van der Waals surface area contributed by atoms with Gasteiger partial charge in [-0.05, 0) is 43.5 Å². The molecule has 1 heterocycles. The number of benzene rings is 1. The summed E-state index contributed by atoms with van der Waals surface area (Å²) in [5, 5.41) is 0.806. The minimum Gasteiger partial charge on any atom is -0.303 e. The molecule has 106 valence electrons. The number of nitrogens with zero attached hydrogens (tertiary/aromatic N) is 1. The van der Waals surface area contributed by atoms with Gasteiger partial charge in [-0.3, -0.25) is 4.21 Å². The van der Waals surface area contributed by atoms with Gasteiger partial charge >= 0.3 is 0 Å². The van der Waals surface area contributed by atoms with Crippen LogP contribution in [0.5, 0.6) is 0 Å². The van der Waals surface area contributed by atoms with E-state index < -0.39 is 10.8 Å². The fraction of sp³-hybridized carbons (Fsp3) is 0.600. The average molecular weight is 300 g/mol. The molecule has 1 fully saturated rings. The number of hydrogen-bond acceptors (Lipinski definition) is 2. The van der Waals surface area contributed by atoms with E-state index in [9.17, 15) is 4.21 Å². The summed E-state index contributed by atoms with van der Waals surface area (Å²) in [6.07, 6.45) is 2.12. The van der Waals surface area contributed by atoms with Gasteiger partial charge in [0.05, 0.1) is 0 Å². The van der Waals surface area contributed by atoms with Crippen LogP contribution in [-0.2, 0) is 10.8 Å². The minimum atomic E-state index is -0.573. The first kappa shape index (κ1) is 15.0. The molecule has 0 aliphatic carbocycles. The molecular formula is C15H22ClNOS. The van der Waals surface area contributed by atoms with Crippen LogP contribution in [0.2, 0.25) is 5.02 Å². The van der Waals surface area contributed by atoms with E-state index in [-0.39, 0.29) is 0 Å². The fourth-order valence-electron chi connectivity index (χ4n) is 2.72. The molecule has 2 rings (SSSR count). The second-order valence-electron chi connectivity index (χ2n) is 5.47. The predicted molar refractivity (Wildman–Crippen MR) is 83.4 cm³/mol. The number of hydrogen-bond donors (Lipinski definition) is 0. The Hall–Kier alpha value is -0.380. The third kappa shape index (κ3) is 4.30. The van der Waals surface area contributed by atoms with E-state index in [1.807, 2.05) is 12.1 Å². The van der Waals surface area contributed by atoms with Crippen molar-refractivity contribution >= 4 is 22.4 Å². The van der Waals surface area contributed by atoms with Crippen molar-refractivity contribution in [2.75, 3.05) is 25.1 Å². The third-order valence-electron chi connectivity index (χ3n) is 3.96. The van der Waals surface area contributed by atoms with Crippen LogP contribution < -0.4 is 0 Å². The maximum atomic E-state index is 11.4. The molecule has 2 nitrogen and oxygen atoms in total. The quantitative estimate of drug-likeness (QED) is 0.850. The molecule has 4 heteroatoms. The van der Waals surface area contributed by atoms with Crippen LogP contribution in [0.1, 0.15) is 31.2 Å². The summed E-state index contributed by atoms with van der Waals surface area (Å²) in [6.45, 7) is 3.26. The standard InChI is InChI=1S/C15H22ClNOS/c1-12(13-4-3-5-14(16)10-13)11-17(2)15-6-8-19(18)9-7-15/h3-5,10,12,15H,6-9,11H2,1-2H3. The van der Waals surface area contributed by atoms with Crippen molar-refractivity contribution in [3.05, 3.63) is 34.9 Å². The van der Waals surface area contributed by atoms with Crippen LogP contribution in [0.25, 0.3) is 0 Å². The lowest BCUT2D eigenvalue weighted by atomic mass is 9.99. The van der Waals surface area contributed by atoms with Crippen molar-refractivity contribution in [2.24, 2.45) is 0 Å². The van der Waals surface area contributed by atoms with E-state index in [2.05, 4.69) is 31.0 Å². The lowest BCUT2D eigenvalue weighted by Crippen LogP contribution is -2.39. The van der Waals surface area contributed by atoms with Crippen LogP contribution in [-0.4, -0.2) is 40.2 Å². The molecule has 0 N–H and O–H groups in total. The number of rotatable bonds is 4. The van der Waals surface area contributed by atoms with Crippen LogP contribution in [0, 0.1) is 0 Å². The lowest BCUT2D eigenvalue weighted by molar-refractivity contribution is 0.218. The van der Waals surface area contributed by atoms with Crippen LogP contribution in [0.15, 0.2) is 24.3 Å². The highest BCUT2D eigenvalue weighted by Gasteiger charge is 2.22. The molecule has 0 amide bonds. The Morgan fingerprint density at radius 2 is 2.11 bits per heavy atom. The molecule has 0 spiro atoms. The summed E-state index contributed by atoms with van der Waals surface area (Å²) in [7, 11) is 1.61. The molecule has 0 saturated carbocycles. The molecule has 19 heavy (non-hydrogen) atoms. The topological polar surface area (TPSA) is 20.3 Å². The number of halogens is 1. The second-order valence-corrected chi connectivity index (χ2v) is 7.61. The molecule has 1 aromatic carbocycles. The van der Waals surface area contributed by atoms with Gasteiger partial charge in [0.1, 0.15) is 0 Å². The Labute approximate surface area is 123 Å². The highest BCUT2D eigenvalue weighted by Crippen LogP contribution is 2.22. The minimum absolute atomic E-state index is 0.469. The van der Waals surface area contributed by atoms with Gasteiger partial charge < -0.3 is 4.90 Å². The largest absolute Gasteiger partial charge is 0.303 e. The molecular weight excluding hydrogens is 278 g/mol. The first-order chi connectivity index (χ1) is 9.06. The van der Waals surface area contributed by atoms with E-state index in [1.165, 1.54) is 5.56 Å². The third-order valence-corrected chi connectivity index (χ3v) is 5.58. The first-order valence-electron chi connectivity index (χ1n) is 6.87. The van der Waals surface area contributed by atoms with Gasteiger partial charge in [0.25, 0.3) is 0 Å². The molecule has 1 aliphatic rings. The van der Waals surface area contributed by atoms with Crippen molar-refractivity contribution < 1.29 is 4.21 Å². The molecule has 1 atom stereocenters. The summed E-state index contributed by atoms with van der Waals surface area (Å²) in [6, 6.07) is 8.70. The van der Waals surface area contributed by atoms with Crippen LogP contribution in [0.4, 0.5) is 0 Å². The van der Waals surface area contributed by atoms with Crippen LogP contribution in [0.3, 0.4) is 0 Å². The molecule has 1 aliphatic heterocycles. The SMILES string of the molecule is CC(CN(C)C1CCS(=O)CC1)c1cccc(Cl)c1. The van der Waals surface area contributed by atoms with Crippen molar-refractivity contribution in [2.45, 2.75) is 31.7 Å². The van der Waals surface area contributed by atoms with Gasteiger partial charge in [-0.15, -0.1) is 0 Å². The van der Waals surface area contributed by atoms with E-state index in [1.54, 1.807) is 0 Å². The molecule has 0 bridgehead atoms. The monoisotopic (exact) mass is 299 g/mol. The summed E-state index contributed by atoms with van der Waals surface area (Å²) in [5.74, 6) is 2.19. The van der Waals surface area contributed by atoms with Gasteiger partial charge in [-0.25, -0.2) is 0 Å². The maximum absolute atomic E-state index is 11.4. The van der Waals surface area contributed by atoms with E-state index in [0.717, 1.165) is 35.9 Å². The highest BCUT2D eigenvalue weighted by molar-refractivity contribution is 7.85. The van der Waals surface area contributed by atoms with Gasteiger partial charge in [-0.2, -0.15) is 0 Å². The van der Waals surface area contributed by atoms with Crippen molar-refractivity contribution in [1.29, 1.82) is 0 Å². The van der Waals surface area contributed by atoms with E-state index in [0.29, 0.717) is 12.0 Å². The van der Waals surface area contributed by atoms with E-state index in [4.69, 9.17) is 11.6 Å². The van der Waals surface area contributed by atoms with Gasteiger partial charge in [0.2, 0.25) is 0 Å². The Bertz CT molecular complexity index is 442. The Balaban J connectivity index is 1.91. The normalized spacial score (nSPS) is 25.5. The lowest BCUT2D eigenvalue weighted by Gasteiger charge is -2.32. The fourth-order valence-corrected chi connectivity index (χ4v) is 4.19. The van der Waals surface area contributed by atoms with Crippen molar-refractivity contribution in [3.63, 3.8) is 0 Å². The summed E-state index contributed by atoms with van der Waals surface area (Å²) < 4.78 is 11.4. The number of likely N-dealkylation sites (N-methyl/N-ethyl adjacent to an activating group) is 1. The van der Waals surface area contributed by atoms with Crippen molar-refractivity contribution in [3.8, 4) is 0 Å². The Morgan fingerprint density at radius 1 is 1.42 bits per heavy atom. The molecule has 1 unspecified atom stereocenters. The van der Waals surface area contributed by atoms with Gasteiger partial charge in [0, 0.05) is 39.9 Å². The zero-order valence-electron chi connectivity index (χ0n) is 11.6. The van der Waals surface area contributed by atoms with Crippen molar-refractivity contribution in [1.82, 2.24) is 4.90 Å². The first-order valence-corrected chi connectivity index (χ1v) is 8.73. The predicted octanol–water partition coefficient (Wildman–Crippen LogP) is 3.29. The average Bonchev–Trinajstić information content (AvgIpc) is 2.39. The summed E-state index contributed by atoms with van der Waals surface area (Å²) >= 11 is 6.04. The second kappa shape index (κ2) is 6.87. The molecule has 1 aromatic rings. The summed E-state index contributed by atoms with van der Waals surface area (Å²) in [5.41, 5.74) is 1.29.